The summed E-state index contributed by atoms with van der Waals surface area (Å²) in [4.78, 5) is 37.3. The van der Waals surface area contributed by atoms with Crippen LogP contribution in [0.3, 0.4) is 0 Å². The van der Waals surface area contributed by atoms with Gasteiger partial charge in [-0.1, -0.05) is 37.6 Å². The lowest BCUT2D eigenvalue weighted by Crippen LogP contribution is -2.44. The van der Waals surface area contributed by atoms with E-state index in [0.717, 1.165) is 10.5 Å². The number of rotatable bonds is 6. The molecule has 3 amide bonds. The fourth-order valence-corrected chi connectivity index (χ4v) is 2.81. The van der Waals surface area contributed by atoms with Gasteiger partial charge in [-0.25, -0.2) is 9.69 Å². The summed E-state index contributed by atoms with van der Waals surface area (Å²) < 4.78 is 5.45. The maximum Gasteiger partial charge on any atom is 0.327 e. The zero-order chi connectivity index (χ0) is 18.6. The Labute approximate surface area is 151 Å². The van der Waals surface area contributed by atoms with Crippen LogP contribution in [0.1, 0.15) is 31.7 Å². The molecule has 0 spiro atoms. The van der Waals surface area contributed by atoms with Crippen LogP contribution < -0.4 is 5.32 Å². The Morgan fingerprint density at radius 3 is 2.48 bits per heavy atom. The molecule has 1 aromatic carbocycles. The van der Waals surface area contributed by atoms with Gasteiger partial charge in [-0.2, -0.15) is 0 Å². The van der Waals surface area contributed by atoms with Crippen LogP contribution in [0.5, 0.6) is 0 Å². The van der Waals surface area contributed by atoms with Crippen LogP contribution in [0.25, 0.3) is 0 Å². The summed E-state index contributed by atoms with van der Waals surface area (Å²) in [5.41, 5.74) is 0.737. The smallest absolute Gasteiger partial charge is 0.327 e. The molecule has 0 radical (unpaired) electrons. The van der Waals surface area contributed by atoms with Crippen molar-refractivity contribution in [1.29, 1.82) is 0 Å². The monoisotopic (exact) mass is 362 g/mol. The van der Waals surface area contributed by atoms with Gasteiger partial charge in [0.2, 0.25) is 0 Å². The third-order valence-electron chi connectivity index (χ3n) is 3.86. The van der Waals surface area contributed by atoms with E-state index in [4.69, 9.17) is 22.8 Å². The predicted octanol–water partition coefficient (Wildman–Crippen LogP) is 2.52. The van der Waals surface area contributed by atoms with Gasteiger partial charge in [0.1, 0.15) is 0 Å². The second-order valence-corrected chi connectivity index (χ2v) is 6.43. The van der Waals surface area contributed by atoms with Crippen LogP contribution in [0.15, 0.2) is 24.3 Å². The Hall–Kier alpha value is -2.52. The molecule has 0 aromatic heterocycles. The van der Waals surface area contributed by atoms with Gasteiger partial charge in [0.05, 0.1) is 18.9 Å². The number of ether oxygens (including phenoxy) is 1. The van der Waals surface area contributed by atoms with E-state index in [-0.39, 0.29) is 18.9 Å². The average Bonchev–Trinajstić information content (AvgIpc) is 2.87. The summed E-state index contributed by atoms with van der Waals surface area (Å²) in [6, 6.07) is 6.26. The van der Waals surface area contributed by atoms with Crippen molar-refractivity contribution in [2.24, 2.45) is 5.92 Å². The highest BCUT2D eigenvalue weighted by Gasteiger charge is 2.38. The summed E-state index contributed by atoms with van der Waals surface area (Å²) in [7, 11) is 0. The molecule has 1 heterocycles. The number of halogens is 1. The molecule has 2 unspecified atom stereocenters. The second-order valence-electron chi connectivity index (χ2n) is 6.00. The molecule has 6 nitrogen and oxygen atoms in total. The number of urea groups is 1. The summed E-state index contributed by atoms with van der Waals surface area (Å²) in [6.45, 7) is 3.62. The lowest BCUT2D eigenvalue weighted by molar-refractivity contribution is -0.161. The standard InChI is InChI=1S/C18H19ClN2O4/c1-4-5-15(21-14(22)10-20-18(21)24)25-17(23)16(11(2)3)12-6-8-13(19)9-7-12/h1,6-9,11,15-16H,5,10H2,2-3H3,(H,20,24). The fraction of sp³-hybridized carbons (Fsp3) is 0.389. The molecular formula is C18H19ClN2O4. The predicted molar refractivity (Wildman–Crippen MR) is 92.6 cm³/mol. The van der Waals surface area contributed by atoms with Crippen LogP contribution in [0, 0.1) is 18.3 Å². The van der Waals surface area contributed by atoms with E-state index in [2.05, 4.69) is 11.2 Å². The number of nitrogens with zero attached hydrogens (tertiary/aromatic N) is 1. The van der Waals surface area contributed by atoms with E-state index in [9.17, 15) is 14.4 Å². The fourth-order valence-electron chi connectivity index (χ4n) is 2.68. The number of benzene rings is 1. The maximum atomic E-state index is 12.7. The quantitative estimate of drug-likeness (QED) is 0.479. The Morgan fingerprint density at radius 1 is 1.36 bits per heavy atom. The molecule has 25 heavy (non-hydrogen) atoms. The molecular weight excluding hydrogens is 344 g/mol. The number of imide groups is 1. The number of nitrogens with one attached hydrogen (secondary N) is 1. The largest absolute Gasteiger partial charge is 0.439 e. The Morgan fingerprint density at radius 2 is 2.00 bits per heavy atom. The number of esters is 1. The van der Waals surface area contributed by atoms with Gasteiger partial charge >= 0.3 is 12.0 Å². The van der Waals surface area contributed by atoms with E-state index in [1.165, 1.54) is 0 Å². The molecule has 2 rings (SSSR count). The molecule has 1 N–H and O–H groups in total. The minimum Gasteiger partial charge on any atom is -0.439 e. The summed E-state index contributed by atoms with van der Waals surface area (Å²) in [6.07, 6.45) is 4.10. The van der Waals surface area contributed by atoms with E-state index >= 15 is 0 Å². The molecule has 1 aliphatic rings. The number of hydrogen-bond donors (Lipinski definition) is 1. The maximum absolute atomic E-state index is 12.7. The Balaban J connectivity index is 2.23. The van der Waals surface area contributed by atoms with E-state index in [0.29, 0.717) is 5.02 Å². The van der Waals surface area contributed by atoms with Crippen molar-refractivity contribution >= 4 is 29.5 Å². The molecule has 1 aliphatic heterocycles. The first-order valence-corrected chi connectivity index (χ1v) is 8.22. The van der Waals surface area contributed by atoms with Crippen molar-refractivity contribution < 1.29 is 19.1 Å². The van der Waals surface area contributed by atoms with Gasteiger partial charge in [0, 0.05) is 5.02 Å². The topological polar surface area (TPSA) is 75.7 Å². The highest BCUT2D eigenvalue weighted by molar-refractivity contribution is 6.30. The molecule has 0 saturated carbocycles. The SMILES string of the molecule is C#CCC(OC(=O)C(c1ccc(Cl)cc1)C(C)C)N1C(=O)CNC1=O. The zero-order valence-electron chi connectivity index (χ0n) is 14.0. The van der Waals surface area contributed by atoms with Crippen LogP contribution in [-0.4, -0.2) is 35.6 Å². The first-order valence-electron chi connectivity index (χ1n) is 7.84. The van der Waals surface area contributed by atoms with E-state index in [1.54, 1.807) is 24.3 Å². The van der Waals surface area contributed by atoms with Crippen LogP contribution in [0.4, 0.5) is 4.79 Å². The first kappa shape index (κ1) is 18.8. The highest BCUT2D eigenvalue weighted by Crippen LogP contribution is 2.28. The molecule has 132 valence electrons. The highest BCUT2D eigenvalue weighted by atomic mass is 35.5. The summed E-state index contributed by atoms with van der Waals surface area (Å²) in [5, 5.41) is 2.94. The Bertz CT molecular complexity index is 693. The number of terminal acetylenes is 1. The average molecular weight is 363 g/mol. The van der Waals surface area contributed by atoms with Gasteiger partial charge in [0.25, 0.3) is 5.91 Å². The van der Waals surface area contributed by atoms with Crippen molar-refractivity contribution in [3.63, 3.8) is 0 Å². The molecule has 2 atom stereocenters. The number of carbonyl (C=O) groups excluding carboxylic acids is 3. The number of hydrogen-bond acceptors (Lipinski definition) is 4. The third kappa shape index (κ3) is 4.31. The molecule has 1 fully saturated rings. The normalized spacial score (nSPS) is 16.4. The Kier molecular flexibility index (Phi) is 6.05. The lowest BCUT2D eigenvalue weighted by Gasteiger charge is -2.27. The van der Waals surface area contributed by atoms with Crippen molar-refractivity contribution in [2.45, 2.75) is 32.4 Å². The second kappa shape index (κ2) is 8.04. The van der Waals surface area contributed by atoms with Crippen molar-refractivity contribution in [1.82, 2.24) is 10.2 Å². The number of carbonyl (C=O) groups is 3. The van der Waals surface area contributed by atoms with Gasteiger partial charge in [0.15, 0.2) is 6.23 Å². The van der Waals surface area contributed by atoms with Crippen LogP contribution >= 0.6 is 11.6 Å². The molecule has 1 saturated heterocycles. The van der Waals surface area contributed by atoms with Crippen LogP contribution in [0.2, 0.25) is 5.02 Å². The molecule has 0 aliphatic carbocycles. The van der Waals surface area contributed by atoms with Crippen molar-refractivity contribution in [2.75, 3.05) is 6.54 Å². The summed E-state index contributed by atoms with van der Waals surface area (Å²) >= 11 is 5.89. The molecule has 7 heteroatoms. The zero-order valence-corrected chi connectivity index (χ0v) is 14.7. The van der Waals surface area contributed by atoms with Gasteiger partial charge in [-0.3, -0.25) is 9.59 Å². The van der Waals surface area contributed by atoms with Gasteiger partial charge < -0.3 is 10.1 Å². The van der Waals surface area contributed by atoms with E-state index < -0.39 is 30.1 Å². The van der Waals surface area contributed by atoms with E-state index in [1.807, 2.05) is 13.8 Å². The minimum atomic E-state index is -1.12. The van der Waals surface area contributed by atoms with Crippen LogP contribution in [-0.2, 0) is 14.3 Å². The molecule has 0 bridgehead atoms. The summed E-state index contributed by atoms with van der Waals surface area (Å²) in [5.74, 6) is 0.669. The number of amides is 3. The first-order chi connectivity index (χ1) is 11.8. The lowest BCUT2D eigenvalue weighted by atomic mass is 9.88. The molecule has 1 aromatic rings. The van der Waals surface area contributed by atoms with Gasteiger partial charge in [-0.15, -0.1) is 12.3 Å². The third-order valence-corrected chi connectivity index (χ3v) is 4.11. The van der Waals surface area contributed by atoms with Crippen molar-refractivity contribution in [3.8, 4) is 12.3 Å². The minimum absolute atomic E-state index is 0.0664. The van der Waals surface area contributed by atoms with Gasteiger partial charge in [-0.05, 0) is 23.6 Å². The van der Waals surface area contributed by atoms with Crippen molar-refractivity contribution in [3.05, 3.63) is 34.9 Å².